The maximum absolute atomic E-state index is 11.2. The molecule has 2 aliphatic rings. The first-order valence-corrected chi connectivity index (χ1v) is 5.62. The summed E-state index contributed by atoms with van der Waals surface area (Å²) in [6.07, 6.45) is 3.13. The molecule has 1 fully saturated rings. The van der Waals surface area contributed by atoms with Gasteiger partial charge in [-0.3, -0.25) is 28.9 Å². The summed E-state index contributed by atoms with van der Waals surface area (Å²) in [7, 11) is 0. The normalized spacial score (nSPS) is 19.6. The molecule has 0 radical (unpaired) electrons. The molecule has 2 heterocycles. The molecular formula is C11H12N2O5. The molecule has 0 N–H and O–H groups in total. The topological polar surface area (TPSA) is 84.0 Å². The van der Waals surface area contributed by atoms with Crippen LogP contribution in [0.4, 0.5) is 0 Å². The summed E-state index contributed by atoms with van der Waals surface area (Å²) < 4.78 is 0. The van der Waals surface area contributed by atoms with E-state index in [4.69, 9.17) is 4.84 Å². The van der Waals surface area contributed by atoms with Crippen LogP contribution in [0.5, 0.6) is 0 Å². The van der Waals surface area contributed by atoms with E-state index in [-0.39, 0.29) is 49.6 Å². The minimum Gasteiger partial charge on any atom is -0.275 e. The van der Waals surface area contributed by atoms with E-state index in [1.54, 1.807) is 0 Å². The molecule has 0 aromatic rings. The van der Waals surface area contributed by atoms with Crippen molar-refractivity contribution < 1.29 is 24.0 Å². The Morgan fingerprint density at radius 1 is 1.00 bits per heavy atom. The third-order valence-corrected chi connectivity index (χ3v) is 2.65. The first kappa shape index (κ1) is 12.4. The Balaban J connectivity index is 1.70. The van der Waals surface area contributed by atoms with E-state index < -0.39 is 0 Å². The Morgan fingerprint density at radius 3 is 2.11 bits per heavy atom. The summed E-state index contributed by atoms with van der Waals surface area (Å²) in [6.45, 7) is 0.315. The minimum atomic E-state index is -0.353. The number of imide groups is 2. The zero-order valence-corrected chi connectivity index (χ0v) is 9.63. The fourth-order valence-corrected chi connectivity index (χ4v) is 1.73. The minimum absolute atomic E-state index is 0.106. The van der Waals surface area contributed by atoms with Gasteiger partial charge in [-0.05, 0) is 6.42 Å². The fourth-order valence-electron chi connectivity index (χ4n) is 1.73. The van der Waals surface area contributed by atoms with Crippen molar-refractivity contribution in [1.29, 1.82) is 0 Å². The highest BCUT2D eigenvalue weighted by Gasteiger charge is 2.30. The van der Waals surface area contributed by atoms with Crippen molar-refractivity contribution in [2.24, 2.45) is 0 Å². The number of nitrogens with zero attached hydrogens (tertiary/aromatic N) is 2. The number of hydrogen-bond acceptors (Lipinski definition) is 5. The molecule has 0 saturated carbocycles. The van der Waals surface area contributed by atoms with E-state index in [9.17, 15) is 19.2 Å². The van der Waals surface area contributed by atoms with E-state index in [0.717, 1.165) is 9.96 Å². The summed E-state index contributed by atoms with van der Waals surface area (Å²) in [5.41, 5.74) is 0. The summed E-state index contributed by atoms with van der Waals surface area (Å²) in [5, 5.41) is 0.756. The third kappa shape index (κ3) is 2.45. The zero-order valence-electron chi connectivity index (χ0n) is 9.63. The number of carbonyl (C=O) groups excluding carboxylic acids is 4. The molecule has 4 amide bonds. The van der Waals surface area contributed by atoms with Crippen LogP contribution < -0.4 is 0 Å². The van der Waals surface area contributed by atoms with Crippen molar-refractivity contribution in [2.45, 2.75) is 19.3 Å². The lowest BCUT2D eigenvalue weighted by Crippen LogP contribution is -2.33. The predicted molar refractivity (Wildman–Crippen MR) is 57.5 cm³/mol. The van der Waals surface area contributed by atoms with Crippen molar-refractivity contribution >= 4 is 23.6 Å². The SMILES string of the molecule is O=C1C=CC(=O)N1CCCON1C(=O)CCC1=O. The number of rotatable bonds is 5. The smallest absolute Gasteiger partial charge is 0.253 e. The number of hydroxylamine groups is 2. The predicted octanol–water partition coefficient (Wildman–Crippen LogP) is -0.618. The average Bonchev–Trinajstić information content (AvgIpc) is 2.82. The van der Waals surface area contributed by atoms with E-state index >= 15 is 0 Å². The van der Waals surface area contributed by atoms with E-state index in [1.165, 1.54) is 12.2 Å². The molecule has 2 rings (SSSR count). The van der Waals surface area contributed by atoms with Crippen LogP contribution in [0.15, 0.2) is 12.2 Å². The monoisotopic (exact) mass is 252 g/mol. The molecule has 2 aliphatic heterocycles. The molecule has 96 valence electrons. The molecule has 0 atom stereocenters. The second kappa shape index (κ2) is 5.09. The molecule has 7 heteroatoms. The van der Waals surface area contributed by atoms with E-state index in [2.05, 4.69) is 0 Å². The molecule has 18 heavy (non-hydrogen) atoms. The molecule has 1 saturated heterocycles. The standard InChI is InChI=1S/C11H12N2O5/c14-8-2-3-9(15)12(8)6-1-7-18-13-10(16)4-5-11(13)17/h2-3H,1,4-7H2. The number of amides is 4. The molecule has 0 spiro atoms. The van der Waals surface area contributed by atoms with Gasteiger partial charge in [0.05, 0.1) is 6.61 Å². The number of hydrogen-bond donors (Lipinski definition) is 0. The second-order valence-electron chi connectivity index (χ2n) is 3.93. The van der Waals surface area contributed by atoms with Gasteiger partial charge >= 0.3 is 0 Å². The van der Waals surface area contributed by atoms with Crippen molar-refractivity contribution in [1.82, 2.24) is 9.96 Å². The molecule has 0 aromatic heterocycles. The lowest BCUT2D eigenvalue weighted by Gasteiger charge is -2.16. The Kier molecular flexibility index (Phi) is 3.52. The first-order valence-electron chi connectivity index (χ1n) is 5.62. The first-order chi connectivity index (χ1) is 8.59. The van der Waals surface area contributed by atoms with Gasteiger partial charge in [0.15, 0.2) is 0 Å². The lowest BCUT2D eigenvalue weighted by atomic mass is 10.4. The lowest BCUT2D eigenvalue weighted by molar-refractivity contribution is -0.188. The van der Waals surface area contributed by atoms with Gasteiger partial charge in [-0.25, -0.2) is 0 Å². The molecule has 0 unspecified atom stereocenters. The number of carbonyl (C=O) groups is 4. The molecular weight excluding hydrogens is 240 g/mol. The Morgan fingerprint density at radius 2 is 1.56 bits per heavy atom. The van der Waals surface area contributed by atoms with Gasteiger partial charge < -0.3 is 0 Å². The van der Waals surface area contributed by atoms with Crippen LogP contribution in [0.25, 0.3) is 0 Å². The molecule has 7 nitrogen and oxygen atoms in total. The Labute approximate surface area is 103 Å². The van der Waals surface area contributed by atoms with Crippen LogP contribution in [-0.2, 0) is 24.0 Å². The molecule has 0 bridgehead atoms. The largest absolute Gasteiger partial charge is 0.275 e. The van der Waals surface area contributed by atoms with Crippen molar-refractivity contribution in [2.75, 3.05) is 13.2 Å². The maximum atomic E-state index is 11.2. The van der Waals surface area contributed by atoms with Gasteiger partial charge in [0.2, 0.25) is 0 Å². The van der Waals surface area contributed by atoms with Crippen molar-refractivity contribution in [3.05, 3.63) is 12.2 Å². The van der Waals surface area contributed by atoms with Gasteiger partial charge in [-0.1, -0.05) is 0 Å². The summed E-state index contributed by atoms with van der Waals surface area (Å²) in [6, 6.07) is 0. The Hall–Kier alpha value is -2.02. The second-order valence-corrected chi connectivity index (χ2v) is 3.93. The third-order valence-electron chi connectivity index (χ3n) is 2.65. The van der Waals surface area contributed by atoms with Crippen molar-refractivity contribution in [3.63, 3.8) is 0 Å². The van der Waals surface area contributed by atoms with Crippen LogP contribution in [0.3, 0.4) is 0 Å². The summed E-state index contributed by atoms with van der Waals surface area (Å²) in [4.78, 5) is 50.9. The van der Waals surface area contributed by atoms with Crippen molar-refractivity contribution in [3.8, 4) is 0 Å². The van der Waals surface area contributed by atoms with Gasteiger partial charge in [-0.15, -0.1) is 0 Å². The molecule has 0 aromatic carbocycles. The zero-order chi connectivity index (χ0) is 13.1. The Bertz CT molecular complexity index is 405. The van der Waals surface area contributed by atoms with Gasteiger partial charge in [0.1, 0.15) is 0 Å². The maximum Gasteiger partial charge on any atom is 0.253 e. The van der Waals surface area contributed by atoms with Crippen LogP contribution in [-0.4, -0.2) is 46.7 Å². The van der Waals surface area contributed by atoms with Gasteiger partial charge in [0.25, 0.3) is 23.6 Å². The quantitative estimate of drug-likeness (QED) is 0.481. The van der Waals surface area contributed by atoms with Gasteiger partial charge in [0, 0.05) is 31.5 Å². The highest BCUT2D eigenvalue weighted by molar-refractivity contribution is 6.12. The van der Waals surface area contributed by atoms with E-state index in [0.29, 0.717) is 6.42 Å². The summed E-state index contributed by atoms with van der Waals surface area (Å²) in [5.74, 6) is -1.41. The van der Waals surface area contributed by atoms with Crippen LogP contribution in [0.1, 0.15) is 19.3 Å². The fraction of sp³-hybridized carbons (Fsp3) is 0.455. The van der Waals surface area contributed by atoms with Gasteiger partial charge in [-0.2, -0.15) is 5.06 Å². The highest BCUT2D eigenvalue weighted by atomic mass is 16.7. The van der Waals surface area contributed by atoms with E-state index in [1.807, 2.05) is 0 Å². The van der Waals surface area contributed by atoms with Crippen LogP contribution in [0.2, 0.25) is 0 Å². The van der Waals surface area contributed by atoms with Crippen LogP contribution in [0, 0.1) is 0 Å². The van der Waals surface area contributed by atoms with Crippen LogP contribution >= 0.6 is 0 Å². The average molecular weight is 252 g/mol. The highest BCUT2D eigenvalue weighted by Crippen LogP contribution is 2.12. The summed E-state index contributed by atoms with van der Waals surface area (Å²) >= 11 is 0. The molecule has 0 aliphatic carbocycles.